The van der Waals surface area contributed by atoms with Crippen LogP contribution in [0.5, 0.6) is 5.75 Å². The Morgan fingerprint density at radius 2 is 2.07 bits per heavy atom. The summed E-state index contributed by atoms with van der Waals surface area (Å²) in [7, 11) is 1.69. The molecule has 2 aromatic rings. The van der Waals surface area contributed by atoms with Gasteiger partial charge >= 0.3 is 0 Å². The molecule has 0 fully saturated rings. The van der Waals surface area contributed by atoms with E-state index < -0.39 is 0 Å². The molecule has 15 heavy (non-hydrogen) atoms. The standard InChI is InChI=1S/C12H16N2O/c1-7-4-5-10(15-3)11-9(6-13)8(2)14-12(7)11/h4-5,14H,6,13H2,1-3H3. The van der Waals surface area contributed by atoms with E-state index in [-0.39, 0.29) is 0 Å². The van der Waals surface area contributed by atoms with Gasteiger partial charge in [0.15, 0.2) is 0 Å². The Morgan fingerprint density at radius 3 is 2.67 bits per heavy atom. The number of hydrogen-bond acceptors (Lipinski definition) is 2. The van der Waals surface area contributed by atoms with Crippen molar-refractivity contribution in [1.29, 1.82) is 0 Å². The summed E-state index contributed by atoms with van der Waals surface area (Å²) < 4.78 is 5.36. The molecule has 0 aliphatic carbocycles. The van der Waals surface area contributed by atoms with Crippen LogP contribution in [0.15, 0.2) is 12.1 Å². The highest BCUT2D eigenvalue weighted by Crippen LogP contribution is 2.32. The van der Waals surface area contributed by atoms with Crippen molar-refractivity contribution in [1.82, 2.24) is 4.98 Å². The number of fused-ring (bicyclic) bond motifs is 1. The fourth-order valence-electron chi connectivity index (χ4n) is 2.02. The van der Waals surface area contributed by atoms with Crippen molar-refractivity contribution in [3.05, 3.63) is 29.0 Å². The second-order valence-corrected chi connectivity index (χ2v) is 3.77. The molecular weight excluding hydrogens is 188 g/mol. The van der Waals surface area contributed by atoms with Crippen LogP contribution < -0.4 is 10.5 Å². The molecule has 0 amide bonds. The van der Waals surface area contributed by atoms with E-state index in [1.165, 1.54) is 5.56 Å². The second kappa shape index (κ2) is 3.59. The molecule has 3 N–H and O–H groups in total. The normalized spacial score (nSPS) is 10.9. The van der Waals surface area contributed by atoms with Gasteiger partial charge in [-0.15, -0.1) is 0 Å². The number of aryl methyl sites for hydroxylation is 2. The molecule has 1 heterocycles. The lowest BCUT2D eigenvalue weighted by Gasteiger charge is -2.05. The number of aromatic amines is 1. The number of ether oxygens (including phenoxy) is 1. The van der Waals surface area contributed by atoms with Crippen molar-refractivity contribution in [2.24, 2.45) is 5.73 Å². The fraction of sp³-hybridized carbons (Fsp3) is 0.333. The molecule has 0 saturated carbocycles. The van der Waals surface area contributed by atoms with E-state index in [0.717, 1.165) is 27.9 Å². The van der Waals surface area contributed by atoms with Crippen molar-refractivity contribution in [2.45, 2.75) is 20.4 Å². The average Bonchev–Trinajstić information content (AvgIpc) is 2.56. The SMILES string of the molecule is COc1ccc(C)c2[nH]c(C)c(CN)c12. The van der Waals surface area contributed by atoms with Gasteiger partial charge in [-0.25, -0.2) is 0 Å². The molecule has 0 aliphatic rings. The van der Waals surface area contributed by atoms with E-state index in [0.29, 0.717) is 6.54 Å². The van der Waals surface area contributed by atoms with Crippen LogP contribution in [-0.2, 0) is 6.54 Å². The summed E-state index contributed by atoms with van der Waals surface area (Å²) in [5.41, 5.74) is 10.4. The van der Waals surface area contributed by atoms with Gasteiger partial charge in [0.05, 0.1) is 12.6 Å². The lowest BCUT2D eigenvalue weighted by molar-refractivity contribution is 0.419. The lowest BCUT2D eigenvalue weighted by Crippen LogP contribution is -1.98. The summed E-state index contributed by atoms with van der Waals surface area (Å²) in [5, 5.41) is 1.12. The van der Waals surface area contributed by atoms with E-state index in [1.54, 1.807) is 7.11 Å². The predicted molar refractivity (Wildman–Crippen MR) is 62.2 cm³/mol. The minimum absolute atomic E-state index is 0.533. The van der Waals surface area contributed by atoms with Gasteiger partial charge in [0.1, 0.15) is 5.75 Å². The third-order valence-corrected chi connectivity index (χ3v) is 2.87. The number of nitrogens with one attached hydrogen (secondary N) is 1. The van der Waals surface area contributed by atoms with Gasteiger partial charge in [-0.1, -0.05) is 6.07 Å². The number of benzene rings is 1. The molecule has 0 radical (unpaired) electrons. The van der Waals surface area contributed by atoms with Crippen molar-refractivity contribution < 1.29 is 4.74 Å². The maximum Gasteiger partial charge on any atom is 0.128 e. The van der Waals surface area contributed by atoms with Gasteiger partial charge in [-0.05, 0) is 31.0 Å². The Labute approximate surface area is 89.2 Å². The molecule has 0 unspecified atom stereocenters. The van der Waals surface area contributed by atoms with E-state index in [9.17, 15) is 0 Å². The van der Waals surface area contributed by atoms with Gasteiger partial charge in [-0.2, -0.15) is 0 Å². The second-order valence-electron chi connectivity index (χ2n) is 3.77. The third kappa shape index (κ3) is 1.39. The van der Waals surface area contributed by atoms with Crippen molar-refractivity contribution >= 4 is 10.9 Å². The average molecular weight is 204 g/mol. The molecule has 3 heteroatoms. The van der Waals surface area contributed by atoms with Crippen LogP contribution in [0.1, 0.15) is 16.8 Å². The van der Waals surface area contributed by atoms with Crippen LogP contribution in [0.2, 0.25) is 0 Å². The van der Waals surface area contributed by atoms with E-state index in [4.69, 9.17) is 10.5 Å². The molecular formula is C12H16N2O. The molecule has 0 spiro atoms. The van der Waals surface area contributed by atoms with Crippen LogP contribution in [0.4, 0.5) is 0 Å². The number of rotatable bonds is 2. The largest absolute Gasteiger partial charge is 0.496 e. The van der Waals surface area contributed by atoms with Gasteiger partial charge in [-0.3, -0.25) is 0 Å². The number of nitrogens with two attached hydrogens (primary N) is 1. The predicted octanol–water partition coefficient (Wildman–Crippen LogP) is 2.25. The minimum Gasteiger partial charge on any atom is -0.496 e. The number of methoxy groups -OCH3 is 1. The summed E-state index contributed by atoms with van der Waals surface area (Å²) in [4.78, 5) is 3.36. The first-order chi connectivity index (χ1) is 7.19. The Hall–Kier alpha value is -1.48. The smallest absolute Gasteiger partial charge is 0.128 e. The molecule has 0 bridgehead atoms. The number of H-pyrrole nitrogens is 1. The quantitative estimate of drug-likeness (QED) is 0.788. The van der Waals surface area contributed by atoms with E-state index in [1.807, 2.05) is 13.0 Å². The van der Waals surface area contributed by atoms with Gasteiger partial charge in [0, 0.05) is 17.6 Å². The lowest BCUT2D eigenvalue weighted by atomic mass is 10.1. The van der Waals surface area contributed by atoms with Crippen LogP contribution in [0, 0.1) is 13.8 Å². The summed E-state index contributed by atoms with van der Waals surface area (Å²) in [6, 6.07) is 4.04. The molecule has 0 atom stereocenters. The molecule has 2 rings (SSSR count). The maximum atomic E-state index is 5.76. The van der Waals surface area contributed by atoms with Crippen molar-refractivity contribution in [3.63, 3.8) is 0 Å². The summed E-state index contributed by atoms with van der Waals surface area (Å²) in [6.45, 7) is 4.66. The van der Waals surface area contributed by atoms with Gasteiger partial charge < -0.3 is 15.5 Å². The fourth-order valence-corrected chi connectivity index (χ4v) is 2.02. The minimum atomic E-state index is 0.533. The first kappa shape index (κ1) is 10.1. The van der Waals surface area contributed by atoms with Crippen LogP contribution >= 0.6 is 0 Å². The first-order valence-electron chi connectivity index (χ1n) is 5.03. The van der Waals surface area contributed by atoms with Crippen molar-refractivity contribution in [3.8, 4) is 5.75 Å². The maximum absolute atomic E-state index is 5.76. The zero-order valence-corrected chi connectivity index (χ0v) is 9.35. The van der Waals surface area contributed by atoms with Crippen molar-refractivity contribution in [2.75, 3.05) is 7.11 Å². The van der Waals surface area contributed by atoms with E-state index >= 15 is 0 Å². The Kier molecular flexibility index (Phi) is 2.40. The highest BCUT2D eigenvalue weighted by Gasteiger charge is 2.12. The topological polar surface area (TPSA) is 51.0 Å². The molecule has 80 valence electrons. The van der Waals surface area contributed by atoms with Crippen LogP contribution in [0.25, 0.3) is 10.9 Å². The monoisotopic (exact) mass is 204 g/mol. The Bertz CT molecular complexity index is 500. The van der Waals surface area contributed by atoms with Gasteiger partial charge in [0.2, 0.25) is 0 Å². The third-order valence-electron chi connectivity index (χ3n) is 2.87. The van der Waals surface area contributed by atoms with Gasteiger partial charge in [0.25, 0.3) is 0 Å². The zero-order valence-electron chi connectivity index (χ0n) is 9.35. The van der Waals surface area contributed by atoms with E-state index in [2.05, 4.69) is 18.0 Å². The number of aromatic nitrogens is 1. The Balaban J connectivity index is 2.88. The Morgan fingerprint density at radius 1 is 1.33 bits per heavy atom. The molecule has 1 aromatic carbocycles. The molecule has 1 aromatic heterocycles. The summed E-state index contributed by atoms with van der Waals surface area (Å²) in [6.07, 6.45) is 0. The highest BCUT2D eigenvalue weighted by atomic mass is 16.5. The molecule has 0 aliphatic heterocycles. The summed E-state index contributed by atoms with van der Waals surface area (Å²) >= 11 is 0. The molecule has 3 nitrogen and oxygen atoms in total. The first-order valence-corrected chi connectivity index (χ1v) is 5.03. The van der Waals surface area contributed by atoms with Crippen LogP contribution in [0.3, 0.4) is 0 Å². The number of hydrogen-bond donors (Lipinski definition) is 2. The van der Waals surface area contributed by atoms with Crippen LogP contribution in [-0.4, -0.2) is 12.1 Å². The summed E-state index contributed by atoms with van der Waals surface area (Å²) in [5.74, 6) is 0.889. The highest BCUT2D eigenvalue weighted by molar-refractivity contribution is 5.92. The zero-order chi connectivity index (χ0) is 11.0. The molecule has 0 saturated heterocycles.